The van der Waals surface area contributed by atoms with Crippen LogP contribution in [0.5, 0.6) is 23.0 Å². The van der Waals surface area contributed by atoms with Crippen LogP contribution in [0.4, 0.5) is 0 Å². The third kappa shape index (κ3) is 9.51. The summed E-state index contributed by atoms with van der Waals surface area (Å²) in [6.07, 6.45) is -0.909. The molecule has 41 heavy (non-hydrogen) atoms. The van der Waals surface area contributed by atoms with E-state index in [1.807, 2.05) is 76.2 Å². The number of phosphoric ester groups is 2. The third-order valence-electron chi connectivity index (χ3n) is 5.73. The highest BCUT2D eigenvalue weighted by molar-refractivity contribution is 7.49. The summed E-state index contributed by atoms with van der Waals surface area (Å²) in [6, 6.07) is 27.9. The molecule has 0 fully saturated rings. The molecule has 1 atom stereocenters. The molecule has 0 aliphatic heterocycles. The predicted octanol–water partition coefficient (Wildman–Crippen LogP) is 9.17. The van der Waals surface area contributed by atoms with E-state index >= 15 is 0 Å². The highest BCUT2D eigenvalue weighted by Gasteiger charge is 2.37. The van der Waals surface area contributed by atoms with Gasteiger partial charge in [-0.3, -0.25) is 9.05 Å². The van der Waals surface area contributed by atoms with Crippen molar-refractivity contribution in [2.45, 2.75) is 40.7 Å². The van der Waals surface area contributed by atoms with Gasteiger partial charge in [0.2, 0.25) is 0 Å². The van der Waals surface area contributed by atoms with Crippen LogP contribution in [0.15, 0.2) is 97.1 Å². The van der Waals surface area contributed by atoms with Crippen LogP contribution >= 0.6 is 15.6 Å². The second-order valence-corrected chi connectivity index (χ2v) is 12.7. The maximum atomic E-state index is 13.8. The molecule has 0 aliphatic carbocycles. The monoisotopic (exact) mass is 596 g/mol. The first-order valence-corrected chi connectivity index (χ1v) is 16.0. The lowest BCUT2D eigenvalue weighted by Crippen LogP contribution is -2.19. The zero-order chi connectivity index (χ0) is 29.5. The van der Waals surface area contributed by atoms with Crippen LogP contribution in [0.2, 0.25) is 0 Å². The number of hydrogen-bond acceptors (Lipinski definition) is 8. The van der Waals surface area contributed by atoms with Gasteiger partial charge in [-0.15, -0.1) is 0 Å². The Kier molecular flexibility index (Phi) is 9.95. The minimum atomic E-state index is -4.23. The van der Waals surface area contributed by atoms with Crippen LogP contribution in [-0.4, -0.2) is 12.7 Å². The number of benzene rings is 4. The predicted molar refractivity (Wildman–Crippen MR) is 159 cm³/mol. The fourth-order valence-corrected chi connectivity index (χ4v) is 6.17. The second-order valence-electron chi connectivity index (χ2n) is 9.72. The Bertz CT molecular complexity index is 1400. The molecule has 0 bridgehead atoms. The lowest BCUT2D eigenvalue weighted by atomic mass is 10.2. The number of aryl methyl sites for hydroxylation is 4. The van der Waals surface area contributed by atoms with E-state index in [2.05, 4.69) is 0 Å². The van der Waals surface area contributed by atoms with Crippen molar-refractivity contribution in [1.82, 2.24) is 0 Å². The highest BCUT2D eigenvalue weighted by atomic mass is 31.2. The molecule has 0 radical (unpaired) electrons. The Morgan fingerprint density at radius 3 is 1.05 bits per heavy atom. The minimum Gasteiger partial charge on any atom is -0.395 e. The molecule has 0 N–H and O–H groups in total. The molecule has 0 spiro atoms. The third-order valence-corrected chi connectivity index (χ3v) is 8.55. The van der Waals surface area contributed by atoms with E-state index in [0.717, 1.165) is 22.3 Å². The van der Waals surface area contributed by atoms with Gasteiger partial charge < -0.3 is 18.1 Å². The average molecular weight is 597 g/mol. The summed E-state index contributed by atoms with van der Waals surface area (Å²) in [4.78, 5) is 0. The van der Waals surface area contributed by atoms with Crippen LogP contribution in [0.3, 0.4) is 0 Å². The molecular formula is C31H34O8P2. The van der Waals surface area contributed by atoms with Gasteiger partial charge in [-0.1, -0.05) is 70.8 Å². The van der Waals surface area contributed by atoms with E-state index in [4.69, 9.17) is 27.1 Å². The number of rotatable bonds is 13. The van der Waals surface area contributed by atoms with Gasteiger partial charge in [0.1, 0.15) is 23.0 Å². The molecule has 216 valence electrons. The molecule has 4 aromatic rings. The quantitative estimate of drug-likeness (QED) is 0.141. The average Bonchev–Trinajstić information content (AvgIpc) is 2.93. The molecular weight excluding hydrogens is 562 g/mol. The Morgan fingerprint density at radius 2 is 0.756 bits per heavy atom. The first kappa shape index (κ1) is 30.4. The maximum absolute atomic E-state index is 13.8. The summed E-state index contributed by atoms with van der Waals surface area (Å²) in [5.74, 6) is 1.21. The standard InChI is InChI=1S/C31H34O8P2/c1-23-6-14-28(15-7-23)36-40(32,37-29-16-8-24(2)9-17-29)34-22-27(5)35-41(33,38-30-18-10-25(3)11-19-30)39-31-20-12-26(4)13-21-31/h6-21,27H,22H2,1-5H3. The fraction of sp³-hybridized carbons (Fsp3) is 0.226. The van der Waals surface area contributed by atoms with Gasteiger partial charge in [-0.25, -0.2) is 9.13 Å². The normalized spacial score (nSPS) is 12.4. The van der Waals surface area contributed by atoms with Gasteiger partial charge in [-0.05, 0) is 83.1 Å². The molecule has 0 aromatic heterocycles. The maximum Gasteiger partial charge on any atom is 0.587 e. The lowest BCUT2D eigenvalue weighted by Gasteiger charge is -2.24. The summed E-state index contributed by atoms with van der Waals surface area (Å²) in [6.45, 7) is 8.99. The molecule has 0 heterocycles. The van der Waals surface area contributed by atoms with Crippen molar-refractivity contribution < 1.29 is 36.3 Å². The van der Waals surface area contributed by atoms with Crippen molar-refractivity contribution in [2.75, 3.05) is 6.61 Å². The van der Waals surface area contributed by atoms with Gasteiger partial charge >= 0.3 is 15.6 Å². The van der Waals surface area contributed by atoms with Gasteiger partial charge in [0, 0.05) is 0 Å². The van der Waals surface area contributed by atoms with Crippen LogP contribution in [-0.2, 0) is 18.2 Å². The Labute approximate surface area is 241 Å². The van der Waals surface area contributed by atoms with E-state index in [0.29, 0.717) is 23.0 Å². The smallest absolute Gasteiger partial charge is 0.395 e. The Balaban J connectivity index is 1.51. The van der Waals surface area contributed by atoms with E-state index < -0.39 is 21.7 Å². The summed E-state index contributed by atoms with van der Waals surface area (Å²) < 4.78 is 62.0. The van der Waals surface area contributed by atoms with E-state index in [1.54, 1.807) is 55.5 Å². The first-order chi connectivity index (χ1) is 19.5. The van der Waals surface area contributed by atoms with Crippen LogP contribution in [0.1, 0.15) is 29.2 Å². The number of phosphoric acid groups is 2. The summed E-state index contributed by atoms with van der Waals surface area (Å²) >= 11 is 0. The molecule has 0 saturated carbocycles. The van der Waals surface area contributed by atoms with Crippen molar-refractivity contribution in [3.63, 3.8) is 0 Å². The Morgan fingerprint density at radius 1 is 0.488 bits per heavy atom. The topological polar surface area (TPSA) is 89.5 Å². The second kappa shape index (κ2) is 13.4. The summed E-state index contributed by atoms with van der Waals surface area (Å²) in [7, 11) is -8.44. The fourth-order valence-electron chi connectivity index (χ4n) is 3.49. The largest absolute Gasteiger partial charge is 0.587 e. The molecule has 4 rings (SSSR count). The van der Waals surface area contributed by atoms with Crippen molar-refractivity contribution in [1.29, 1.82) is 0 Å². The molecule has 0 saturated heterocycles. The molecule has 10 heteroatoms. The van der Waals surface area contributed by atoms with Crippen molar-refractivity contribution >= 4 is 15.6 Å². The lowest BCUT2D eigenvalue weighted by molar-refractivity contribution is 0.0921. The van der Waals surface area contributed by atoms with Gasteiger partial charge in [0.25, 0.3) is 0 Å². The summed E-state index contributed by atoms with van der Waals surface area (Å²) in [5.41, 5.74) is 4.03. The zero-order valence-corrected chi connectivity index (χ0v) is 25.5. The van der Waals surface area contributed by atoms with Crippen molar-refractivity contribution in [3.8, 4) is 23.0 Å². The Hall–Kier alpha value is -3.54. The molecule has 1 unspecified atom stereocenters. The molecule has 0 amide bonds. The molecule has 8 nitrogen and oxygen atoms in total. The van der Waals surface area contributed by atoms with Crippen LogP contribution < -0.4 is 18.1 Å². The van der Waals surface area contributed by atoms with Gasteiger partial charge in [-0.2, -0.15) is 0 Å². The minimum absolute atomic E-state index is 0.301. The van der Waals surface area contributed by atoms with Crippen molar-refractivity contribution in [3.05, 3.63) is 119 Å². The number of hydrogen-bond donors (Lipinski definition) is 0. The zero-order valence-electron chi connectivity index (χ0n) is 23.7. The van der Waals surface area contributed by atoms with Crippen LogP contribution in [0, 0.1) is 27.7 Å². The van der Waals surface area contributed by atoms with Gasteiger partial charge in [0.15, 0.2) is 0 Å². The highest BCUT2D eigenvalue weighted by Crippen LogP contribution is 2.53. The first-order valence-electron chi connectivity index (χ1n) is 13.1. The SMILES string of the molecule is Cc1ccc(OP(=O)(OCC(C)OP(=O)(Oc2ccc(C)cc2)Oc2ccc(C)cc2)Oc2ccc(C)cc2)cc1. The molecule has 4 aromatic carbocycles. The van der Waals surface area contributed by atoms with E-state index in [1.165, 1.54) is 0 Å². The van der Waals surface area contributed by atoms with E-state index in [9.17, 15) is 9.13 Å². The summed E-state index contributed by atoms with van der Waals surface area (Å²) in [5, 5.41) is 0. The van der Waals surface area contributed by atoms with Crippen LogP contribution in [0.25, 0.3) is 0 Å². The van der Waals surface area contributed by atoms with Gasteiger partial charge in [0.05, 0.1) is 12.7 Å². The van der Waals surface area contributed by atoms with E-state index in [-0.39, 0.29) is 6.61 Å². The molecule has 0 aliphatic rings. The van der Waals surface area contributed by atoms with Crippen molar-refractivity contribution in [2.24, 2.45) is 0 Å².